The second-order valence-corrected chi connectivity index (χ2v) is 9.34. The summed E-state index contributed by atoms with van der Waals surface area (Å²) >= 11 is 5.75. The van der Waals surface area contributed by atoms with Gasteiger partial charge in [0.05, 0.1) is 17.3 Å². The van der Waals surface area contributed by atoms with Crippen molar-refractivity contribution in [3.8, 4) is 17.0 Å². The van der Waals surface area contributed by atoms with Crippen molar-refractivity contribution in [3.63, 3.8) is 0 Å². The number of piperidine rings is 1. The number of hydrogen-bond donors (Lipinski definition) is 1. The maximum Gasteiger partial charge on any atom is 0.410 e. The van der Waals surface area contributed by atoms with Crippen molar-refractivity contribution in [2.45, 2.75) is 45.3 Å². The Morgan fingerprint density at radius 3 is 2.56 bits per heavy atom. The van der Waals surface area contributed by atoms with Crippen LogP contribution in [0.4, 0.5) is 19.4 Å². The van der Waals surface area contributed by atoms with Crippen LogP contribution < -0.4 is 10.5 Å². The summed E-state index contributed by atoms with van der Waals surface area (Å²) in [6, 6.07) is 2.30. The Hall–Kier alpha value is -3.27. The number of hydrogen-bond acceptors (Lipinski definition) is 7. The van der Waals surface area contributed by atoms with Gasteiger partial charge in [0.2, 0.25) is 0 Å². The lowest BCUT2D eigenvalue weighted by molar-refractivity contribution is 0.0127. The molecule has 34 heavy (non-hydrogen) atoms. The van der Waals surface area contributed by atoms with Crippen molar-refractivity contribution in [3.05, 3.63) is 41.3 Å². The van der Waals surface area contributed by atoms with Crippen LogP contribution in [0.5, 0.6) is 5.75 Å². The van der Waals surface area contributed by atoms with Crippen LogP contribution in [0.1, 0.15) is 33.6 Å². The van der Waals surface area contributed by atoms with Crippen molar-refractivity contribution in [1.29, 1.82) is 0 Å². The first-order chi connectivity index (χ1) is 16.0. The van der Waals surface area contributed by atoms with E-state index in [1.54, 1.807) is 4.90 Å². The number of rotatable bonds is 3. The number of benzene rings is 1. The van der Waals surface area contributed by atoms with E-state index in [9.17, 15) is 13.6 Å². The van der Waals surface area contributed by atoms with Gasteiger partial charge in [0.15, 0.2) is 11.6 Å². The summed E-state index contributed by atoms with van der Waals surface area (Å²) in [4.78, 5) is 26.5. The number of pyridine rings is 1. The van der Waals surface area contributed by atoms with Gasteiger partial charge in [-0.25, -0.2) is 28.5 Å². The molecule has 1 saturated heterocycles. The third-order valence-electron chi connectivity index (χ3n) is 5.34. The number of halogens is 3. The molecular weight excluding hydrogens is 468 g/mol. The number of anilines is 1. The minimum Gasteiger partial charge on any atom is -0.488 e. The molecule has 0 saturated carbocycles. The Bertz CT molecular complexity index is 1240. The fourth-order valence-electron chi connectivity index (χ4n) is 3.73. The molecule has 1 aliphatic heterocycles. The van der Waals surface area contributed by atoms with Gasteiger partial charge in [-0.05, 0) is 32.9 Å². The number of aromatic nitrogens is 3. The third-order valence-corrected chi connectivity index (χ3v) is 5.68. The SMILES string of the molecule is CC(C)(C)OC(=O)N1CCC(Oc2cnc(-c3ccc(F)c(Cl)c3F)c3ncnc(N)c23)CC1. The lowest BCUT2D eigenvalue weighted by Gasteiger charge is -2.33. The summed E-state index contributed by atoms with van der Waals surface area (Å²) in [5.41, 5.74) is 5.91. The van der Waals surface area contributed by atoms with Crippen LogP contribution in [0.15, 0.2) is 24.7 Å². The summed E-state index contributed by atoms with van der Waals surface area (Å²) in [7, 11) is 0. The number of ether oxygens (including phenoxy) is 2. The normalized spacial score (nSPS) is 14.9. The number of fused-ring (bicyclic) bond motifs is 1. The highest BCUT2D eigenvalue weighted by Gasteiger charge is 2.29. The molecule has 3 aromatic rings. The lowest BCUT2D eigenvalue weighted by atomic mass is 10.1. The zero-order valence-corrected chi connectivity index (χ0v) is 19.7. The number of nitrogen functional groups attached to an aromatic ring is 1. The third kappa shape index (κ3) is 4.82. The largest absolute Gasteiger partial charge is 0.488 e. The van der Waals surface area contributed by atoms with Crippen LogP contribution in [0.3, 0.4) is 0 Å². The smallest absolute Gasteiger partial charge is 0.410 e. The van der Waals surface area contributed by atoms with Gasteiger partial charge < -0.3 is 20.1 Å². The van der Waals surface area contributed by atoms with Crippen LogP contribution in [0.25, 0.3) is 22.2 Å². The Kier molecular flexibility index (Phi) is 6.44. The summed E-state index contributed by atoms with van der Waals surface area (Å²) < 4.78 is 39.9. The highest BCUT2D eigenvalue weighted by atomic mass is 35.5. The average molecular weight is 492 g/mol. The van der Waals surface area contributed by atoms with E-state index in [1.807, 2.05) is 20.8 Å². The van der Waals surface area contributed by atoms with Gasteiger partial charge >= 0.3 is 6.09 Å². The molecule has 0 spiro atoms. The predicted molar refractivity (Wildman–Crippen MR) is 124 cm³/mol. The van der Waals surface area contributed by atoms with Gasteiger partial charge in [-0.2, -0.15) is 0 Å². The van der Waals surface area contributed by atoms with Gasteiger partial charge in [-0.15, -0.1) is 0 Å². The molecule has 1 aliphatic rings. The summed E-state index contributed by atoms with van der Waals surface area (Å²) in [6.45, 7) is 6.39. The van der Waals surface area contributed by atoms with E-state index in [-0.39, 0.29) is 34.8 Å². The number of amides is 1. The standard InChI is InChI=1S/C23H24ClF2N5O3/c1-23(2,3)34-22(32)31-8-6-12(7-9-31)33-15-10-28-19(20-16(15)21(27)30-11-29-20)13-4-5-14(25)17(24)18(13)26/h4-5,10-12H,6-9H2,1-3H3,(H2,27,29,30). The molecule has 180 valence electrons. The lowest BCUT2D eigenvalue weighted by Crippen LogP contribution is -2.44. The number of nitrogens with two attached hydrogens (primary N) is 1. The van der Waals surface area contributed by atoms with Gasteiger partial charge in [0.1, 0.15) is 40.2 Å². The van der Waals surface area contributed by atoms with Crippen molar-refractivity contribution >= 4 is 34.4 Å². The Balaban J connectivity index is 1.59. The van der Waals surface area contributed by atoms with Crippen LogP contribution in [-0.2, 0) is 4.74 Å². The minimum atomic E-state index is -0.948. The average Bonchev–Trinajstić information content (AvgIpc) is 2.78. The molecule has 2 aromatic heterocycles. The Morgan fingerprint density at radius 2 is 1.88 bits per heavy atom. The number of carbonyl (C=O) groups excluding carboxylic acids is 1. The van der Waals surface area contributed by atoms with Gasteiger partial charge in [-0.3, -0.25) is 0 Å². The minimum absolute atomic E-state index is 0.0216. The molecule has 2 N–H and O–H groups in total. The molecule has 1 amide bonds. The second-order valence-electron chi connectivity index (χ2n) is 8.96. The van der Waals surface area contributed by atoms with E-state index >= 15 is 0 Å². The Morgan fingerprint density at radius 1 is 1.18 bits per heavy atom. The molecule has 4 rings (SSSR count). The maximum absolute atomic E-state index is 14.7. The van der Waals surface area contributed by atoms with E-state index < -0.39 is 22.3 Å². The zero-order valence-electron chi connectivity index (χ0n) is 18.9. The monoisotopic (exact) mass is 491 g/mol. The number of nitrogens with zero attached hydrogens (tertiary/aromatic N) is 4. The molecule has 0 radical (unpaired) electrons. The predicted octanol–water partition coefficient (Wildman–Crippen LogP) is 4.98. The van der Waals surface area contributed by atoms with Crippen molar-refractivity contribution in [2.24, 2.45) is 0 Å². The summed E-state index contributed by atoms with van der Waals surface area (Å²) in [5.74, 6) is -1.36. The molecule has 0 bridgehead atoms. The first kappa shape index (κ1) is 23.9. The molecule has 0 aliphatic carbocycles. The van der Waals surface area contributed by atoms with Gasteiger partial charge in [0, 0.05) is 31.5 Å². The highest BCUT2D eigenvalue weighted by molar-refractivity contribution is 6.31. The summed E-state index contributed by atoms with van der Waals surface area (Å²) in [6.07, 6.45) is 3.20. The first-order valence-electron chi connectivity index (χ1n) is 10.7. The molecule has 8 nitrogen and oxygen atoms in total. The molecule has 1 fully saturated rings. The molecule has 3 heterocycles. The molecule has 1 aromatic carbocycles. The Labute approximate surface area is 200 Å². The van der Waals surface area contributed by atoms with E-state index in [4.69, 9.17) is 26.8 Å². The molecule has 0 atom stereocenters. The second kappa shape index (κ2) is 9.17. The number of likely N-dealkylation sites (tertiary alicyclic amines) is 1. The zero-order chi connectivity index (χ0) is 24.6. The number of carbonyl (C=O) groups is 1. The van der Waals surface area contributed by atoms with Crippen molar-refractivity contribution in [1.82, 2.24) is 19.9 Å². The summed E-state index contributed by atoms with van der Waals surface area (Å²) in [5, 5.41) is -0.270. The van der Waals surface area contributed by atoms with Crippen molar-refractivity contribution < 1.29 is 23.0 Å². The van der Waals surface area contributed by atoms with E-state index in [2.05, 4.69) is 15.0 Å². The van der Waals surface area contributed by atoms with E-state index in [0.29, 0.717) is 37.1 Å². The van der Waals surface area contributed by atoms with E-state index in [1.165, 1.54) is 18.6 Å². The van der Waals surface area contributed by atoms with Crippen LogP contribution >= 0.6 is 11.6 Å². The van der Waals surface area contributed by atoms with Gasteiger partial charge in [0.25, 0.3) is 0 Å². The first-order valence-corrected chi connectivity index (χ1v) is 11.1. The quantitative estimate of drug-likeness (QED) is 0.515. The highest BCUT2D eigenvalue weighted by Crippen LogP contribution is 2.37. The van der Waals surface area contributed by atoms with E-state index in [0.717, 1.165) is 6.07 Å². The van der Waals surface area contributed by atoms with Gasteiger partial charge in [-0.1, -0.05) is 11.6 Å². The van der Waals surface area contributed by atoms with Crippen molar-refractivity contribution in [2.75, 3.05) is 18.8 Å². The topological polar surface area (TPSA) is 103 Å². The van der Waals surface area contributed by atoms with Crippen LogP contribution in [-0.4, -0.2) is 50.7 Å². The molecular formula is C23H24ClF2N5O3. The molecule has 0 unspecified atom stereocenters. The fourth-order valence-corrected chi connectivity index (χ4v) is 3.89. The fraction of sp³-hybridized carbons (Fsp3) is 0.391. The molecule has 11 heteroatoms. The van der Waals surface area contributed by atoms with Crippen LogP contribution in [0, 0.1) is 11.6 Å². The van der Waals surface area contributed by atoms with Crippen LogP contribution in [0.2, 0.25) is 5.02 Å². The maximum atomic E-state index is 14.7.